The monoisotopic (exact) mass is 326 g/mol. The number of nitrogens with zero attached hydrogens (tertiary/aromatic N) is 2. The third kappa shape index (κ3) is 2.59. The molecule has 1 aliphatic heterocycles. The van der Waals surface area contributed by atoms with Gasteiger partial charge in [0.05, 0.1) is 12.8 Å². The minimum atomic E-state index is -5.77. The first-order chi connectivity index (χ1) is 9.58. The van der Waals surface area contributed by atoms with E-state index in [1.54, 1.807) is 11.9 Å². The molecular weight excluding hydrogens is 313 g/mol. The van der Waals surface area contributed by atoms with Gasteiger partial charge in [0.2, 0.25) is 0 Å². The van der Waals surface area contributed by atoms with E-state index < -0.39 is 21.4 Å². The van der Waals surface area contributed by atoms with E-state index in [1.807, 2.05) is 0 Å². The number of halogens is 3. The molecule has 1 aliphatic rings. The van der Waals surface area contributed by atoms with Crippen molar-refractivity contribution < 1.29 is 30.5 Å². The Morgan fingerprint density at radius 2 is 1.90 bits per heavy atom. The fourth-order valence-corrected chi connectivity index (χ4v) is 2.58. The number of alkyl halides is 3. The number of fused-ring (bicyclic) bond motifs is 1. The number of ether oxygens (including phenoxy) is 1. The van der Waals surface area contributed by atoms with Crippen LogP contribution in [0.3, 0.4) is 0 Å². The second-order valence-electron chi connectivity index (χ2n) is 4.52. The molecule has 21 heavy (non-hydrogen) atoms. The lowest BCUT2D eigenvalue weighted by atomic mass is 10.2. The van der Waals surface area contributed by atoms with E-state index in [0.717, 1.165) is 0 Å². The molecule has 0 fully saturated rings. The molecule has 6 nitrogen and oxygen atoms in total. The van der Waals surface area contributed by atoms with Crippen LogP contribution in [0.4, 0.5) is 19.0 Å². The first kappa shape index (κ1) is 15.7. The van der Waals surface area contributed by atoms with Crippen molar-refractivity contribution in [1.29, 1.82) is 0 Å². The van der Waals surface area contributed by atoms with Crippen LogP contribution in [0.25, 0.3) is 0 Å². The summed E-state index contributed by atoms with van der Waals surface area (Å²) in [5.74, 6) is -0.167. The molecule has 1 aromatic rings. The molecule has 0 bridgehead atoms. The lowest BCUT2D eigenvalue weighted by Gasteiger charge is -2.18. The summed E-state index contributed by atoms with van der Waals surface area (Å²) in [6, 6.07) is 0. The summed E-state index contributed by atoms with van der Waals surface area (Å²) in [4.78, 5) is 5.91. The van der Waals surface area contributed by atoms with Crippen molar-refractivity contribution in [2.75, 3.05) is 25.6 Å². The third-order valence-electron chi connectivity index (χ3n) is 3.09. The Labute approximate surface area is 119 Å². The predicted molar refractivity (Wildman–Crippen MR) is 68.1 cm³/mol. The van der Waals surface area contributed by atoms with Crippen molar-refractivity contribution in [3.63, 3.8) is 0 Å². The maximum atomic E-state index is 12.5. The van der Waals surface area contributed by atoms with E-state index >= 15 is 0 Å². The summed E-state index contributed by atoms with van der Waals surface area (Å²) in [6.45, 7) is 2.00. The van der Waals surface area contributed by atoms with Gasteiger partial charge >= 0.3 is 15.6 Å². The molecule has 0 aromatic carbocycles. The van der Waals surface area contributed by atoms with Gasteiger partial charge in [-0.05, 0) is 13.3 Å². The Morgan fingerprint density at radius 1 is 1.29 bits per heavy atom. The molecule has 1 aromatic heterocycles. The molecule has 2 heterocycles. The number of rotatable bonds is 3. The van der Waals surface area contributed by atoms with Crippen LogP contribution in [0.15, 0.2) is 0 Å². The number of likely N-dealkylation sites (N-methyl/N-ethyl adjacent to an activating group) is 1. The molecular formula is C11H13F3N2O4S. The molecule has 0 amide bonds. The maximum absolute atomic E-state index is 12.5. The van der Waals surface area contributed by atoms with Crippen molar-refractivity contribution in [1.82, 2.24) is 4.98 Å². The topological polar surface area (TPSA) is 68.7 Å². The molecule has 0 saturated heterocycles. The van der Waals surface area contributed by atoms with Crippen molar-refractivity contribution in [3.05, 3.63) is 11.3 Å². The molecule has 0 spiro atoms. The Bertz CT molecular complexity index is 673. The van der Waals surface area contributed by atoms with Gasteiger partial charge in [-0.2, -0.15) is 21.6 Å². The normalized spacial score (nSPS) is 15.0. The molecule has 0 aliphatic carbocycles. The van der Waals surface area contributed by atoms with Crippen LogP contribution >= 0.6 is 0 Å². The third-order valence-corrected chi connectivity index (χ3v) is 4.04. The van der Waals surface area contributed by atoms with Gasteiger partial charge in [-0.15, -0.1) is 0 Å². The first-order valence-corrected chi connectivity index (χ1v) is 7.28. The Kier molecular flexibility index (Phi) is 3.68. The summed E-state index contributed by atoms with van der Waals surface area (Å²) in [7, 11) is -2.85. The van der Waals surface area contributed by atoms with Crippen LogP contribution in [-0.4, -0.2) is 39.6 Å². The van der Waals surface area contributed by atoms with Crippen LogP contribution in [0.2, 0.25) is 0 Å². The number of aryl methyl sites for hydroxylation is 1. The van der Waals surface area contributed by atoms with Gasteiger partial charge in [0.15, 0.2) is 11.5 Å². The molecule has 0 radical (unpaired) electrons. The smallest absolute Gasteiger partial charge is 0.491 e. The molecule has 0 unspecified atom stereocenters. The van der Waals surface area contributed by atoms with Gasteiger partial charge in [0, 0.05) is 19.2 Å². The van der Waals surface area contributed by atoms with Crippen LogP contribution in [0.5, 0.6) is 11.5 Å². The van der Waals surface area contributed by atoms with Crippen molar-refractivity contribution in [3.8, 4) is 11.5 Å². The molecule has 0 saturated carbocycles. The van der Waals surface area contributed by atoms with Crippen LogP contribution in [0, 0.1) is 6.92 Å². The zero-order valence-electron chi connectivity index (χ0n) is 11.5. The number of hydrogen-bond donors (Lipinski definition) is 0. The van der Waals surface area contributed by atoms with Crippen LogP contribution in [0.1, 0.15) is 11.3 Å². The summed E-state index contributed by atoms with van der Waals surface area (Å²) >= 11 is 0. The summed E-state index contributed by atoms with van der Waals surface area (Å²) in [6.07, 6.45) is 0.318. The zero-order valence-corrected chi connectivity index (χ0v) is 12.3. The maximum Gasteiger partial charge on any atom is 0.534 e. The molecule has 118 valence electrons. The zero-order chi connectivity index (χ0) is 16.0. The summed E-state index contributed by atoms with van der Waals surface area (Å²) < 4.78 is 69.3. The van der Waals surface area contributed by atoms with Gasteiger partial charge in [0.1, 0.15) is 5.82 Å². The molecule has 2 rings (SSSR count). The van der Waals surface area contributed by atoms with E-state index in [0.29, 0.717) is 18.8 Å². The van der Waals surface area contributed by atoms with Crippen molar-refractivity contribution in [2.45, 2.75) is 18.9 Å². The largest absolute Gasteiger partial charge is 0.534 e. The fraction of sp³-hybridized carbons (Fsp3) is 0.545. The summed E-state index contributed by atoms with van der Waals surface area (Å²) in [5.41, 5.74) is -4.97. The lowest BCUT2D eigenvalue weighted by molar-refractivity contribution is -0.0500. The van der Waals surface area contributed by atoms with Crippen molar-refractivity contribution in [2.24, 2.45) is 0 Å². The number of methoxy groups -OCH3 is 1. The van der Waals surface area contributed by atoms with E-state index in [4.69, 9.17) is 4.74 Å². The molecule has 0 atom stereocenters. The quantitative estimate of drug-likeness (QED) is 0.621. The van der Waals surface area contributed by atoms with Crippen molar-refractivity contribution >= 4 is 15.9 Å². The second-order valence-corrected chi connectivity index (χ2v) is 6.05. The molecule has 0 N–H and O–H groups in total. The standard InChI is InChI=1S/C11H13F3N2O4S/c1-6-8(19-3)9(20-21(17,18)11(12,13)14)7-4-5-16(2)10(7)15-6/h4-5H2,1-3H3. The lowest BCUT2D eigenvalue weighted by Crippen LogP contribution is -2.28. The SMILES string of the molecule is COc1c(C)nc2c(c1OS(=O)(=O)C(F)(F)F)CCN2C. The van der Waals surface area contributed by atoms with Crippen LogP contribution in [-0.2, 0) is 16.5 Å². The average Bonchev–Trinajstić information content (AvgIpc) is 2.69. The van der Waals surface area contributed by atoms with Gasteiger partial charge in [-0.1, -0.05) is 0 Å². The minimum absolute atomic E-state index is 0.114. The highest BCUT2D eigenvalue weighted by molar-refractivity contribution is 7.88. The number of hydrogen-bond acceptors (Lipinski definition) is 6. The Morgan fingerprint density at radius 3 is 2.43 bits per heavy atom. The highest BCUT2D eigenvalue weighted by Crippen LogP contribution is 2.43. The number of anilines is 1. The van der Waals surface area contributed by atoms with E-state index in [-0.39, 0.29) is 17.0 Å². The number of aromatic nitrogens is 1. The van der Waals surface area contributed by atoms with E-state index in [2.05, 4.69) is 9.17 Å². The molecule has 10 heteroatoms. The highest BCUT2D eigenvalue weighted by atomic mass is 32.2. The van der Waals surface area contributed by atoms with E-state index in [9.17, 15) is 21.6 Å². The Hall–Kier alpha value is -1.71. The van der Waals surface area contributed by atoms with E-state index in [1.165, 1.54) is 14.0 Å². The summed E-state index contributed by atoms with van der Waals surface area (Å²) in [5, 5.41) is 0. The Balaban J connectivity index is 2.61. The van der Waals surface area contributed by atoms with Gasteiger partial charge in [0.25, 0.3) is 0 Å². The predicted octanol–water partition coefficient (Wildman–Crippen LogP) is 1.62. The minimum Gasteiger partial charge on any atom is -0.491 e. The fourth-order valence-electron chi connectivity index (χ4n) is 2.09. The number of pyridine rings is 1. The second kappa shape index (κ2) is 4.93. The van der Waals surface area contributed by atoms with Gasteiger partial charge in [-0.25, -0.2) is 4.98 Å². The van der Waals surface area contributed by atoms with Gasteiger partial charge in [-0.3, -0.25) is 0 Å². The highest BCUT2D eigenvalue weighted by Gasteiger charge is 2.49. The average molecular weight is 326 g/mol. The first-order valence-electron chi connectivity index (χ1n) is 5.88. The van der Waals surface area contributed by atoms with Crippen LogP contribution < -0.4 is 13.8 Å². The van der Waals surface area contributed by atoms with Gasteiger partial charge < -0.3 is 13.8 Å².